The molecule has 2 aromatic carbocycles. The van der Waals surface area contributed by atoms with Gasteiger partial charge in [-0.15, -0.1) is 0 Å². The van der Waals surface area contributed by atoms with Crippen molar-refractivity contribution in [3.8, 4) is 5.75 Å². The van der Waals surface area contributed by atoms with Gasteiger partial charge in [-0.2, -0.15) is 0 Å². The SMILES string of the molecule is COc1cccc(F)c1C(C)NC(=O)CC(O)c1cccc(F)c1. The fraction of sp³-hybridized carbons (Fsp3) is 0.278. The third kappa shape index (κ3) is 4.29. The Balaban J connectivity index is 2.04. The molecule has 2 N–H and O–H groups in total. The molecular weight excluding hydrogens is 316 g/mol. The van der Waals surface area contributed by atoms with Crippen molar-refractivity contribution in [3.05, 3.63) is 65.2 Å². The molecule has 24 heavy (non-hydrogen) atoms. The first-order valence-corrected chi connectivity index (χ1v) is 7.47. The third-order valence-electron chi connectivity index (χ3n) is 3.66. The van der Waals surface area contributed by atoms with Crippen LogP contribution in [0.1, 0.15) is 36.6 Å². The quantitative estimate of drug-likeness (QED) is 0.852. The van der Waals surface area contributed by atoms with Gasteiger partial charge < -0.3 is 15.2 Å². The summed E-state index contributed by atoms with van der Waals surface area (Å²) in [5, 5.41) is 12.6. The van der Waals surface area contributed by atoms with Crippen LogP contribution < -0.4 is 10.1 Å². The van der Waals surface area contributed by atoms with Gasteiger partial charge in [-0.3, -0.25) is 4.79 Å². The van der Waals surface area contributed by atoms with E-state index in [-0.39, 0.29) is 12.0 Å². The van der Waals surface area contributed by atoms with Gasteiger partial charge in [0.1, 0.15) is 17.4 Å². The van der Waals surface area contributed by atoms with E-state index in [0.29, 0.717) is 11.3 Å². The molecular formula is C18H19F2NO3. The molecule has 0 heterocycles. The molecule has 0 saturated carbocycles. The van der Waals surface area contributed by atoms with Gasteiger partial charge in [-0.05, 0) is 36.8 Å². The van der Waals surface area contributed by atoms with Crippen LogP contribution in [0.5, 0.6) is 5.75 Å². The number of nitrogens with one attached hydrogen (secondary N) is 1. The number of benzene rings is 2. The maximum absolute atomic E-state index is 14.0. The van der Waals surface area contributed by atoms with Crippen molar-refractivity contribution in [1.29, 1.82) is 0 Å². The van der Waals surface area contributed by atoms with Crippen LogP contribution in [0.2, 0.25) is 0 Å². The Labute approximate surface area is 139 Å². The van der Waals surface area contributed by atoms with Crippen molar-refractivity contribution < 1.29 is 23.4 Å². The lowest BCUT2D eigenvalue weighted by Gasteiger charge is -2.19. The zero-order valence-corrected chi connectivity index (χ0v) is 13.4. The number of aliphatic hydroxyl groups excluding tert-OH is 1. The van der Waals surface area contributed by atoms with Gasteiger partial charge in [-0.25, -0.2) is 8.78 Å². The number of carbonyl (C=O) groups is 1. The topological polar surface area (TPSA) is 58.6 Å². The van der Waals surface area contributed by atoms with E-state index in [1.54, 1.807) is 13.0 Å². The molecule has 0 aliphatic rings. The van der Waals surface area contributed by atoms with Gasteiger partial charge in [0.05, 0.1) is 31.2 Å². The summed E-state index contributed by atoms with van der Waals surface area (Å²) in [6, 6.07) is 9.16. The molecule has 2 atom stereocenters. The molecule has 0 aliphatic heterocycles. The number of rotatable bonds is 6. The minimum Gasteiger partial charge on any atom is -0.496 e. The van der Waals surface area contributed by atoms with Crippen LogP contribution in [-0.2, 0) is 4.79 Å². The maximum Gasteiger partial charge on any atom is 0.223 e. The molecule has 2 unspecified atom stereocenters. The first-order chi connectivity index (χ1) is 11.4. The van der Waals surface area contributed by atoms with Gasteiger partial charge in [-0.1, -0.05) is 18.2 Å². The summed E-state index contributed by atoms with van der Waals surface area (Å²) < 4.78 is 32.3. The van der Waals surface area contributed by atoms with Crippen LogP contribution in [0.15, 0.2) is 42.5 Å². The van der Waals surface area contributed by atoms with Crippen LogP contribution in [0.25, 0.3) is 0 Å². The molecule has 0 radical (unpaired) electrons. The standard InChI is InChI=1S/C18H19F2NO3/c1-11(18-14(20)7-4-8-16(18)24-2)21-17(23)10-15(22)12-5-3-6-13(19)9-12/h3-9,11,15,22H,10H2,1-2H3,(H,21,23). The van der Waals surface area contributed by atoms with E-state index in [1.165, 1.54) is 43.5 Å². The fourth-order valence-corrected chi connectivity index (χ4v) is 2.50. The molecule has 128 valence electrons. The summed E-state index contributed by atoms with van der Waals surface area (Å²) in [5.74, 6) is -1.14. The normalized spacial score (nSPS) is 13.2. The van der Waals surface area contributed by atoms with Crippen molar-refractivity contribution in [2.75, 3.05) is 7.11 Å². The molecule has 0 bridgehead atoms. The minimum absolute atomic E-state index is 0.230. The van der Waals surface area contributed by atoms with E-state index >= 15 is 0 Å². The highest BCUT2D eigenvalue weighted by Crippen LogP contribution is 2.28. The maximum atomic E-state index is 14.0. The average Bonchev–Trinajstić information content (AvgIpc) is 2.54. The summed E-state index contributed by atoms with van der Waals surface area (Å²) >= 11 is 0. The second-order valence-electron chi connectivity index (χ2n) is 5.42. The van der Waals surface area contributed by atoms with Crippen LogP contribution in [-0.4, -0.2) is 18.1 Å². The Bertz CT molecular complexity index is 721. The van der Waals surface area contributed by atoms with Crippen molar-refractivity contribution >= 4 is 5.91 Å². The number of halogens is 2. The molecule has 0 aliphatic carbocycles. The number of hydrogen-bond acceptors (Lipinski definition) is 3. The number of amides is 1. The molecule has 2 rings (SSSR count). The van der Waals surface area contributed by atoms with Crippen molar-refractivity contribution in [3.63, 3.8) is 0 Å². The lowest BCUT2D eigenvalue weighted by molar-refractivity contribution is -0.123. The van der Waals surface area contributed by atoms with E-state index in [4.69, 9.17) is 4.74 Å². The highest BCUT2D eigenvalue weighted by atomic mass is 19.1. The molecule has 0 spiro atoms. The Morgan fingerprint density at radius 3 is 2.62 bits per heavy atom. The highest BCUT2D eigenvalue weighted by molar-refractivity contribution is 5.77. The highest BCUT2D eigenvalue weighted by Gasteiger charge is 2.20. The summed E-state index contributed by atoms with van der Waals surface area (Å²) in [6.07, 6.45) is -1.40. The Morgan fingerprint density at radius 2 is 1.96 bits per heavy atom. The number of aliphatic hydroxyl groups is 1. The van der Waals surface area contributed by atoms with Gasteiger partial charge in [0.15, 0.2) is 0 Å². The van der Waals surface area contributed by atoms with Gasteiger partial charge in [0.25, 0.3) is 0 Å². The van der Waals surface area contributed by atoms with Crippen molar-refractivity contribution in [2.24, 2.45) is 0 Å². The first kappa shape index (κ1) is 17.9. The number of methoxy groups -OCH3 is 1. The summed E-state index contributed by atoms with van der Waals surface area (Å²) in [6.45, 7) is 1.62. The average molecular weight is 335 g/mol. The molecule has 6 heteroatoms. The largest absolute Gasteiger partial charge is 0.496 e. The van der Waals surface area contributed by atoms with Crippen LogP contribution in [0.3, 0.4) is 0 Å². The summed E-state index contributed by atoms with van der Waals surface area (Å²) in [5.41, 5.74) is 0.537. The number of carbonyl (C=O) groups excluding carboxylic acids is 1. The second-order valence-corrected chi connectivity index (χ2v) is 5.42. The van der Waals surface area contributed by atoms with Crippen molar-refractivity contribution in [1.82, 2.24) is 5.32 Å². The van der Waals surface area contributed by atoms with Gasteiger partial charge in [0, 0.05) is 0 Å². The smallest absolute Gasteiger partial charge is 0.223 e. The van der Waals surface area contributed by atoms with Gasteiger partial charge >= 0.3 is 0 Å². The second kappa shape index (κ2) is 7.88. The third-order valence-corrected chi connectivity index (χ3v) is 3.66. The molecule has 0 aromatic heterocycles. The van der Waals surface area contributed by atoms with Crippen LogP contribution in [0.4, 0.5) is 8.78 Å². The van der Waals surface area contributed by atoms with Gasteiger partial charge in [0.2, 0.25) is 5.91 Å². The fourth-order valence-electron chi connectivity index (χ4n) is 2.50. The Morgan fingerprint density at radius 1 is 1.25 bits per heavy atom. The zero-order chi connectivity index (χ0) is 17.7. The van der Waals surface area contributed by atoms with E-state index in [9.17, 15) is 18.7 Å². The molecule has 2 aromatic rings. The molecule has 0 saturated heterocycles. The molecule has 0 fully saturated rings. The van der Waals surface area contributed by atoms with Crippen molar-refractivity contribution in [2.45, 2.75) is 25.5 Å². The lowest BCUT2D eigenvalue weighted by atomic mass is 10.0. The predicted octanol–water partition coefficient (Wildman–Crippen LogP) is 3.27. The first-order valence-electron chi connectivity index (χ1n) is 7.47. The monoisotopic (exact) mass is 335 g/mol. The predicted molar refractivity (Wildman–Crippen MR) is 85.5 cm³/mol. The lowest BCUT2D eigenvalue weighted by Crippen LogP contribution is -2.28. The number of hydrogen-bond donors (Lipinski definition) is 2. The van der Waals surface area contributed by atoms with E-state index in [2.05, 4.69) is 5.32 Å². The van der Waals surface area contributed by atoms with Crippen LogP contribution >= 0.6 is 0 Å². The molecule has 4 nitrogen and oxygen atoms in total. The molecule has 1 amide bonds. The van der Waals surface area contributed by atoms with E-state index in [0.717, 1.165) is 0 Å². The summed E-state index contributed by atoms with van der Waals surface area (Å²) in [4.78, 5) is 12.1. The summed E-state index contributed by atoms with van der Waals surface area (Å²) in [7, 11) is 1.42. The van der Waals surface area contributed by atoms with Crippen LogP contribution in [0, 0.1) is 11.6 Å². The zero-order valence-electron chi connectivity index (χ0n) is 13.4. The minimum atomic E-state index is -1.14. The Hall–Kier alpha value is -2.47. The van der Waals surface area contributed by atoms with E-state index in [1.807, 2.05) is 0 Å². The van der Waals surface area contributed by atoms with E-state index < -0.39 is 29.7 Å². The number of ether oxygens (including phenoxy) is 1. The Kier molecular flexibility index (Phi) is 5.87.